The Balaban J connectivity index is 2.24. The Morgan fingerprint density at radius 1 is 1.44 bits per heavy atom. The van der Waals surface area contributed by atoms with Crippen LogP contribution in [0.3, 0.4) is 0 Å². The number of nitrogens with one attached hydrogen (secondary N) is 2. The summed E-state index contributed by atoms with van der Waals surface area (Å²) in [7, 11) is 0. The molecule has 3 nitrogen and oxygen atoms in total. The third-order valence-electron chi connectivity index (χ3n) is 3.17. The normalized spacial score (nSPS) is 26.5. The van der Waals surface area contributed by atoms with Crippen molar-refractivity contribution >= 4 is 5.91 Å². The van der Waals surface area contributed by atoms with Crippen LogP contribution in [-0.4, -0.2) is 25.0 Å². The third-order valence-corrected chi connectivity index (χ3v) is 3.17. The van der Waals surface area contributed by atoms with Gasteiger partial charge in [0.15, 0.2) is 0 Å². The molecule has 0 aromatic carbocycles. The van der Waals surface area contributed by atoms with Crippen molar-refractivity contribution in [3.8, 4) is 0 Å². The summed E-state index contributed by atoms with van der Waals surface area (Å²) in [5.41, 5.74) is 0.300. The molecular weight excluding hydrogens is 200 g/mol. The molecule has 0 bridgehead atoms. The first kappa shape index (κ1) is 13.5. The highest BCUT2D eigenvalue weighted by atomic mass is 16.1. The van der Waals surface area contributed by atoms with Crippen LogP contribution in [0, 0.1) is 11.3 Å². The predicted octanol–water partition coefficient (Wildman–Crippen LogP) is 1.93. The van der Waals surface area contributed by atoms with Gasteiger partial charge < -0.3 is 10.6 Å². The molecule has 0 aromatic heterocycles. The maximum Gasteiger partial charge on any atom is 0.223 e. The number of piperidine rings is 1. The fourth-order valence-corrected chi connectivity index (χ4v) is 2.08. The van der Waals surface area contributed by atoms with Gasteiger partial charge in [0.2, 0.25) is 5.91 Å². The summed E-state index contributed by atoms with van der Waals surface area (Å²) in [4.78, 5) is 11.9. The number of carbonyl (C=O) groups excluding carboxylic acids is 1. The van der Waals surface area contributed by atoms with E-state index in [-0.39, 0.29) is 11.8 Å². The van der Waals surface area contributed by atoms with Gasteiger partial charge in [-0.05, 0) is 38.1 Å². The van der Waals surface area contributed by atoms with Crippen LogP contribution >= 0.6 is 0 Å². The average Bonchev–Trinajstić information content (AvgIpc) is 2.15. The predicted molar refractivity (Wildman–Crippen MR) is 67.3 cm³/mol. The highest BCUT2D eigenvalue weighted by Crippen LogP contribution is 2.18. The van der Waals surface area contributed by atoms with Crippen LogP contribution < -0.4 is 10.6 Å². The summed E-state index contributed by atoms with van der Waals surface area (Å²) in [6.07, 6.45) is 2.99. The molecule has 1 heterocycles. The number of hydrogen-bond acceptors (Lipinski definition) is 2. The molecule has 2 atom stereocenters. The number of hydrogen-bond donors (Lipinski definition) is 2. The SMILES string of the molecule is CC1CC(C(=O)NCCC(C)(C)C)CCN1. The highest BCUT2D eigenvalue weighted by molar-refractivity contribution is 5.78. The van der Waals surface area contributed by atoms with Crippen molar-refractivity contribution in [3.05, 3.63) is 0 Å². The minimum Gasteiger partial charge on any atom is -0.356 e. The van der Waals surface area contributed by atoms with E-state index in [1.165, 1.54) is 0 Å². The van der Waals surface area contributed by atoms with Crippen molar-refractivity contribution < 1.29 is 4.79 Å². The zero-order valence-electron chi connectivity index (χ0n) is 11.1. The minimum absolute atomic E-state index is 0.219. The van der Waals surface area contributed by atoms with Crippen molar-refractivity contribution in [2.45, 2.75) is 53.0 Å². The Bertz CT molecular complexity index is 233. The maximum atomic E-state index is 11.9. The maximum absolute atomic E-state index is 11.9. The summed E-state index contributed by atoms with van der Waals surface area (Å²) in [5.74, 6) is 0.466. The van der Waals surface area contributed by atoms with Gasteiger partial charge in [0, 0.05) is 18.5 Å². The van der Waals surface area contributed by atoms with E-state index in [1.807, 2.05) is 0 Å². The average molecular weight is 226 g/mol. The first-order valence-corrected chi connectivity index (χ1v) is 6.39. The molecule has 2 N–H and O–H groups in total. The van der Waals surface area contributed by atoms with Gasteiger partial charge in [-0.3, -0.25) is 4.79 Å². The Morgan fingerprint density at radius 3 is 2.69 bits per heavy atom. The molecule has 1 amide bonds. The van der Waals surface area contributed by atoms with Crippen molar-refractivity contribution in [3.63, 3.8) is 0 Å². The van der Waals surface area contributed by atoms with Gasteiger partial charge in [-0.2, -0.15) is 0 Å². The van der Waals surface area contributed by atoms with Crippen LogP contribution in [0.5, 0.6) is 0 Å². The van der Waals surface area contributed by atoms with Crippen LogP contribution in [-0.2, 0) is 4.79 Å². The van der Waals surface area contributed by atoms with Gasteiger partial charge in [0.25, 0.3) is 0 Å². The van der Waals surface area contributed by atoms with E-state index in [2.05, 4.69) is 38.3 Å². The molecule has 0 aromatic rings. The summed E-state index contributed by atoms with van der Waals surface area (Å²) >= 11 is 0. The highest BCUT2D eigenvalue weighted by Gasteiger charge is 2.24. The van der Waals surface area contributed by atoms with Gasteiger partial charge in [-0.25, -0.2) is 0 Å². The minimum atomic E-state index is 0.219. The molecule has 0 saturated carbocycles. The van der Waals surface area contributed by atoms with E-state index in [1.54, 1.807) is 0 Å². The van der Waals surface area contributed by atoms with Crippen molar-refractivity contribution in [1.29, 1.82) is 0 Å². The van der Waals surface area contributed by atoms with E-state index >= 15 is 0 Å². The quantitative estimate of drug-likeness (QED) is 0.772. The second kappa shape index (κ2) is 5.67. The van der Waals surface area contributed by atoms with E-state index < -0.39 is 0 Å². The Morgan fingerprint density at radius 2 is 2.12 bits per heavy atom. The van der Waals surface area contributed by atoms with E-state index in [0.717, 1.165) is 32.4 Å². The Labute approximate surface area is 99.4 Å². The van der Waals surface area contributed by atoms with Gasteiger partial charge in [-0.15, -0.1) is 0 Å². The summed E-state index contributed by atoms with van der Waals surface area (Å²) in [6.45, 7) is 10.5. The van der Waals surface area contributed by atoms with Gasteiger partial charge in [0.1, 0.15) is 0 Å². The molecule has 0 spiro atoms. The number of amides is 1. The molecule has 2 unspecified atom stereocenters. The second-order valence-electron chi connectivity index (χ2n) is 6.18. The Hall–Kier alpha value is -0.570. The third kappa shape index (κ3) is 4.97. The zero-order chi connectivity index (χ0) is 12.2. The molecule has 1 rings (SSSR count). The lowest BCUT2D eigenvalue weighted by Crippen LogP contribution is -2.42. The molecule has 3 heteroatoms. The lowest BCUT2D eigenvalue weighted by Gasteiger charge is -2.27. The van der Waals surface area contributed by atoms with Crippen LogP contribution in [0.25, 0.3) is 0 Å². The molecular formula is C13H26N2O. The first-order chi connectivity index (χ1) is 7.38. The summed E-state index contributed by atoms with van der Waals surface area (Å²) < 4.78 is 0. The van der Waals surface area contributed by atoms with Crippen LogP contribution in [0.2, 0.25) is 0 Å². The molecule has 1 aliphatic heterocycles. The smallest absolute Gasteiger partial charge is 0.223 e. The molecule has 16 heavy (non-hydrogen) atoms. The molecule has 1 fully saturated rings. The lowest BCUT2D eigenvalue weighted by atomic mass is 9.91. The van der Waals surface area contributed by atoms with E-state index in [4.69, 9.17) is 0 Å². The fourth-order valence-electron chi connectivity index (χ4n) is 2.08. The summed E-state index contributed by atoms with van der Waals surface area (Å²) in [5, 5.41) is 6.43. The zero-order valence-corrected chi connectivity index (χ0v) is 11.1. The fraction of sp³-hybridized carbons (Fsp3) is 0.923. The molecule has 0 radical (unpaired) electrons. The van der Waals surface area contributed by atoms with Crippen LogP contribution in [0.15, 0.2) is 0 Å². The Kier molecular flexibility index (Phi) is 4.78. The number of rotatable bonds is 3. The van der Waals surface area contributed by atoms with Gasteiger partial charge >= 0.3 is 0 Å². The van der Waals surface area contributed by atoms with E-state index in [9.17, 15) is 4.79 Å². The molecule has 1 saturated heterocycles. The molecule has 1 aliphatic rings. The van der Waals surface area contributed by atoms with E-state index in [0.29, 0.717) is 11.5 Å². The van der Waals surface area contributed by atoms with Crippen molar-refractivity contribution in [2.75, 3.05) is 13.1 Å². The summed E-state index contributed by atoms with van der Waals surface area (Å²) in [6, 6.07) is 0.479. The largest absolute Gasteiger partial charge is 0.356 e. The lowest BCUT2D eigenvalue weighted by molar-refractivity contribution is -0.126. The van der Waals surface area contributed by atoms with Crippen LogP contribution in [0.1, 0.15) is 47.0 Å². The molecule has 94 valence electrons. The first-order valence-electron chi connectivity index (χ1n) is 6.39. The molecule has 0 aliphatic carbocycles. The van der Waals surface area contributed by atoms with Gasteiger partial charge in [0.05, 0.1) is 0 Å². The van der Waals surface area contributed by atoms with Gasteiger partial charge in [-0.1, -0.05) is 20.8 Å². The monoisotopic (exact) mass is 226 g/mol. The number of carbonyl (C=O) groups is 1. The van der Waals surface area contributed by atoms with Crippen LogP contribution in [0.4, 0.5) is 0 Å². The van der Waals surface area contributed by atoms with Crippen molar-refractivity contribution in [1.82, 2.24) is 10.6 Å². The second-order valence-corrected chi connectivity index (χ2v) is 6.18. The van der Waals surface area contributed by atoms with Crippen molar-refractivity contribution in [2.24, 2.45) is 11.3 Å². The standard InChI is InChI=1S/C13H26N2O/c1-10-9-11(5-7-14-10)12(16)15-8-6-13(2,3)4/h10-11,14H,5-9H2,1-4H3,(H,15,16). The topological polar surface area (TPSA) is 41.1 Å².